The zero-order valence-corrected chi connectivity index (χ0v) is 9.45. The molecule has 0 saturated heterocycles. The molecular formula is C9H11BrN2O3. The number of rotatable bonds is 5. The van der Waals surface area contributed by atoms with Crippen molar-refractivity contribution in [2.45, 2.75) is 6.54 Å². The zero-order valence-electron chi connectivity index (χ0n) is 7.87. The maximum Gasteiger partial charge on any atom is 0.245 e. The number of primary amides is 1. The van der Waals surface area contributed by atoms with Gasteiger partial charge in [0.15, 0.2) is 0 Å². The van der Waals surface area contributed by atoms with Gasteiger partial charge in [-0.2, -0.15) is 5.48 Å². The Balaban J connectivity index is 2.43. The Morgan fingerprint density at radius 3 is 3.00 bits per heavy atom. The number of benzene rings is 1. The van der Waals surface area contributed by atoms with Crippen LogP contribution in [0.2, 0.25) is 0 Å². The second-order valence-corrected chi connectivity index (χ2v) is 3.76. The van der Waals surface area contributed by atoms with E-state index in [1.165, 1.54) is 0 Å². The first-order valence-corrected chi connectivity index (χ1v) is 4.99. The van der Waals surface area contributed by atoms with Gasteiger partial charge in [-0.05, 0) is 18.2 Å². The molecule has 0 aliphatic heterocycles. The van der Waals surface area contributed by atoms with Crippen LogP contribution in [0, 0.1) is 0 Å². The summed E-state index contributed by atoms with van der Waals surface area (Å²) in [5.41, 5.74) is 8.05. The number of nitrogens with two attached hydrogens (primary N) is 1. The number of hydrogen-bond acceptors (Lipinski definition) is 4. The molecule has 5 nitrogen and oxygen atoms in total. The monoisotopic (exact) mass is 274 g/mol. The first-order valence-electron chi connectivity index (χ1n) is 4.20. The SMILES string of the molecule is NC(=O)CONCc1cc(Br)ccc1O. The van der Waals surface area contributed by atoms with Crippen LogP contribution in [0.25, 0.3) is 0 Å². The quantitative estimate of drug-likeness (QED) is 0.544. The van der Waals surface area contributed by atoms with Crippen LogP contribution in [-0.2, 0) is 16.2 Å². The highest BCUT2D eigenvalue weighted by Crippen LogP contribution is 2.21. The lowest BCUT2D eigenvalue weighted by Crippen LogP contribution is -2.24. The molecule has 0 aliphatic rings. The highest BCUT2D eigenvalue weighted by Gasteiger charge is 2.01. The van der Waals surface area contributed by atoms with Gasteiger partial charge in [0.05, 0.1) is 0 Å². The molecule has 0 saturated carbocycles. The third-order valence-corrected chi connectivity index (χ3v) is 2.11. The van der Waals surface area contributed by atoms with Crippen LogP contribution in [0.4, 0.5) is 0 Å². The number of amides is 1. The molecule has 0 heterocycles. The summed E-state index contributed by atoms with van der Waals surface area (Å²) in [4.78, 5) is 15.1. The van der Waals surface area contributed by atoms with Crippen molar-refractivity contribution >= 4 is 21.8 Å². The Labute approximate surface area is 95.3 Å². The normalized spacial score (nSPS) is 10.2. The molecule has 0 atom stereocenters. The first-order chi connectivity index (χ1) is 7.09. The van der Waals surface area contributed by atoms with Gasteiger partial charge in [0.1, 0.15) is 12.4 Å². The first kappa shape index (κ1) is 12.0. The van der Waals surface area contributed by atoms with Crippen molar-refractivity contribution < 1.29 is 14.7 Å². The number of phenolic OH excluding ortho intramolecular Hbond substituents is 1. The van der Waals surface area contributed by atoms with Gasteiger partial charge >= 0.3 is 0 Å². The van der Waals surface area contributed by atoms with Crippen LogP contribution in [0.1, 0.15) is 5.56 Å². The van der Waals surface area contributed by atoms with Crippen molar-refractivity contribution in [3.8, 4) is 5.75 Å². The molecule has 1 aromatic rings. The number of carbonyl (C=O) groups is 1. The molecule has 15 heavy (non-hydrogen) atoms. The fourth-order valence-corrected chi connectivity index (χ4v) is 1.36. The minimum atomic E-state index is -0.555. The Morgan fingerprint density at radius 2 is 2.33 bits per heavy atom. The molecule has 1 rings (SSSR count). The van der Waals surface area contributed by atoms with E-state index in [2.05, 4.69) is 21.4 Å². The number of carbonyl (C=O) groups excluding carboxylic acids is 1. The Bertz CT molecular complexity index is 357. The standard InChI is InChI=1S/C9H11BrN2O3/c10-7-1-2-8(13)6(3-7)4-12-15-5-9(11)14/h1-3,12-13H,4-5H2,(H2,11,14). The molecule has 0 spiro atoms. The average molecular weight is 275 g/mol. The summed E-state index contributed by atoms with van der Waals surface area (Å²) in [5.74, 6) is -0.394. The summed E-state index contributed by atoms with van der Waals surface area (Å²) in [6.07, 6.45) is 0. The minimum Gasteiger partial charge on any atom is -0.508 e. The van der Waals surface area contributed by atoms with E-state index >= 15 is 0 Å². The van der Waals surface area contributed by atoms with Gasteiger partial charge in [-0.3, -0.25) is 9.63 Å². The smallest absolute Gasteiger partial charge is 0.245 e. The van der Waals surface area contributed by atoms with Gasteiger partial charge in [-0.1, -0.05) is 15.9 Å². The molecular weight excluding hydrogens is 264 g/mol. The highest BCUT2D eigenvalue weighted by molar-refractivity contribution is 9.10. The third kappa shape index (κ3) is 4.28. The van der Waals surface area contributed by atoms with Gasteiger partial charge in [-0.15, -0.1) is 0 Å². The highest BCUT2D eigenvalue weighted by atomic mass is 79.9. The topological polar surface area (TPSA) is 84.6 Å². The number of aromatic hydroxyl groups is 1. The van der Waals surface area contributed by atoms with Crippen molar-refractivity contribution in [2.75, 3.05) is 6.61 Å². The van der Waals surface area contributed by atoms with E-state index in [9.17, 15) is 9.90 Å². The zero-order chi connectivity index (χ0) is 11.3. The number of hydrogen-bond donors (Lipinski definition) is 3. The molecule has 1 amide bonds. The lowest BCUT2D eigenvalue weighted by Gasteiger charge is -2.06. The van der Waals surface area contributed by atoms with Crippen LogP contribution >= 0.6 is 15.9 Å². The molecule has 0 aromatic heterocycles. The van der Waals surface area contributed by atoms with Gasteiger partial charge in [-0.25, -0.2) is 0 Å². The van der Waals surface area contributed by atoms with Crippen LogP contribution in [0.15, 0.2) is 22.7 Å². The van der Waals surface area contributed by atoms with E-state index in [4.69, 9.17) is 10.6 Å². The van der Waals surface area contributed by atoms with Gasteiger partial charge < -0.3 is 10.8 Å². The molecule has 82 valence electrons. The van der Waals surface area contributed by atoms with Crippen molar-refractivity contribution in [2.24, 2.45) is 5.73 Å². The van der Waals surface area contributed by atoms with Gasteiger partial charge in [0.25, 0.3) is 0 Å². The van der Waals surface area contributed by atoms with Crippen LogP contribution < -0.4 is 11.2 Å². The molecule has 0 radical (unpaired) electrons. The summed E-state index contributed by atoms with van der Waals surface area (Å²) in [7, 11) is 0. The van der Waals surface area contributed by atoms with E-state index in [1.54, 1.807) is 18.2 Å². The minimum absolute atomic E-state index is 0.161. The Morgan fingerprint density at radius 1 is 1.60 bits per heavy atom. The van der Waals surface area contributed by atoms with Crippen molar-refractivity contribution in [3.63, 3.8) is 0 Å². The summed E-state index contributed by atoms with van der Waals surface area (Å²) >= 11 is 3.27. The van der Waals surface area contributed by atoms with Gasteiger partial charge in [0.2, 0.25) is 5.91 Å². The lowest BCUT2D eigenvalue weighted by molar-refractivity contribution is -0.125. The molecule has 0 fully saturated rings. The summed E-state index contributed by atoms with van der Waals surface area (Å²) in [6.45, 7) is 0.0906. The van der Waals surface area contributed by atoms with Crippen LogP contribution in [-0.4, -0.2) is 17.6 Å². The molecule has 4 N–H and O–H groups in total. The number of halogens is 1. The van der Waals surface area contributed by atoms with Crippen molar-refractivity contribution in [1.82, 2.24) is 5.48 Å². The fraction of sp³-hybridized carbons (Fsp3) is 0.222. The van der Waals surface area contributed by atoms with Gasteiger partial charge in [0, 0.05) is 16.6 Å². The summed E-state index contributed by atoms with van der Waals surface area (Å²) in [6, 6.07) is 5.04. The maximum absolute atomic E-state index is 10.3. The lowest BCUT2D eigenvalue weighted by atomic mass is 10.2. The molecule has 0 bridgehead atoms. The van der Waals surface area contributed by atoms with E-state index < -0.39 is 5.91 Å². The predicted octanol–water partition coefficient (Wildman–Crippen LogP) is 0.661. The van der Waals surface area contributed by atoms with Crippen molar-refractivity contribution in [3.05, 3.63) is 28.2 Å². The molecule has 0 aliphatic carbocycles. The number of hydroxylamine groups is 1. The maximum atomic E-state index is 10.3. The number of phenols is 1. The predicted molar refractivity (Wildman–Crippen MR) is 57.8 cm³/mol. The van der Waals surface area contributed by atoms with Crippen LogP contribution in [0.3, 0.4) is 0 Å². The average Bonchev–Trinajstić information content (AvgIpc) is 2.17. The summed E-state index contributed by atoms with van der Waals surface area (Å²) in [5, 5.41) is 9.44. The van der Waals surface area contributed by atoms with E-state index in [0.717, 1.165) is 4.47 Å². The van der Waals surface area contributed by atoms with E-state index in [-0.39, 0.29) is 12.4 Å². The van der Waals surface area contributed by atoms with Crippen molar-refractivity contribution in [1.29, 1.82) is 0 Å². The number of nitrogens with one attached hydrogen (secondary N) is 1. The fourth-order valence-electron chi connectivity index (χ4n) is 0.947. The Hall–Kier alpha value is -1.11. The molecule has 6 heteroatoms. The second-order valence-electron chi connectivity index (χ2n) is 2.85. The largest absolute Gasteiger partial charge is 0.508 e. The summed E-state index contributed by atoms with van der Waals surface area (Å²) < 4.78 is 0.854. The van der Waals surface area contributed by atoms with E-state index in [0.29, 0.717) is 12.1 Å². The van der Waals surface area contributed by atoms with E-state index in [1.807, 2.05) is 0 Å². The molecule has 1 aromatic carbocycles. The third-order valence-electron chi connectivity index (χ3n) is 1.62. The van der Waals surface area contributed by atoms with Crippen LogP contribution in [0.5, 0.6) is 5.75 Å². The molecule has 0 unspecified atom stereocenters. The Kier molecular flexibility index (Phi) is 4.54. The second kappa shape index (κ2) is 5.69.